The van der Waals surface area contributed by atoms with Crippen LogP contribution in [-0.4, -0.2) is 15.1 Å². The van der Waals surface area contributed by atoms with Crippen molar-refractivity contribution >= 4 is 27.8 Å². The second kappa shape index (κ2) is 7.26. The molecule has 0 unspecified atom stereocenters. The molecule has 0 amide bonds. The van der Waals surface area contributed by atoms with Gasteiger partial charge in [0.15, 0.2) is 5.75 Å². The molecular weight excluding hydrogens is 358 g/mol. The van der Waals surface area contributed by atoms with Gasteiger partial charge in [-0.2, -0.15) is 0 Å². The molecular formula is C21H21N3O4. The van der Waals surface area contributed by atoms with E-state index in [0.29, 0.717) is 10.9 Å². The van der Waals surface area contributed by atoms with E-state index in [-0.39, 0.29) is 22.5 Å². The number of azo groups is 1. The number of phenolic OH excluding ortho intramolecular Hbond substituents is 2. The van der Waals surface area contributed by atoms with Crippen molar-refractivity contribution in [3.05, 3.63) is 64.2 Å². The van der Waals surface area contributed by atoms with E-state index in [4.69, 9.17) is 0 Å². The van der Waals surface area contributed by atoms with Gasteiger partial charge in [0.25, 0.3) is 0 Å². The average Bonchev–Trinajstić information content (AvgIpc) is 2.68. The Labute approximate surface area is 162 Å². The van der Waals surface area contributed by atoms with Crippen LogP contribution in [0.2, 0.25) is 0 Å². The monoisotopic (exact) mass is 379 g/mol. The van der Waals surface area contributed by atoms with E-state index >= 15 is 0 Å². The van der Waals surface area contributed by atoms with Gasteiger partial charge in [-0.1, -0.05) is 51.1 Å². The lowest BCUT2D eigenvalue weighted by Gasteiger charge is -2.23. The van der Waals surface area contributed by atoms with Crippen molar-refractivity contribution in [2.45, 2.75) is 32.6 Å². The van der Waals surface area contributed by atoms with Crippen molar-refractivity contribution in [3.63, 3.8) is 0 Å². The van der Waals surface area contributed by atoms with Gasteiger partial charge in [-0.05, 0) is 34.9 Å². The van der Waals surface area contributed by atoms with Crippen LogP contribution in [0.3, 0.4) is 0 Å². The molecule has 0 saturated heterocycles. The summed E-state index contributed by atoms with van der Waals surface area (Å²) < 4.78 is 0. The maximum atomic E-state index is 11.3. The van der Waals surface area contributed by atoms with Gasteiger partial charge in [0.05, 0.1) is 4.92 Å². The smallest absolute Gasteiger partial charge is 0.313 e. The number of nitro groups is 1. The first-order valence-electron chi connectivity index (χ1n) is 8.89. The first-order chi connectivity index (χ1) is 13.2. The maximum Gasteiger partial charge on any atom is 0.313 e. The standard InChI is InChI=1S/C21H21N3O4/c1-4-21(2,3)14-11-17(20(26)18(12-14)24(27)28)23-22-16-10-9-13-7-5-6-8-15(13)19(16)25/h5-12,25-26H,4H2,1-3H3. The summed E-state index contributed by atoms with van der Waals surface area (Å²) in [5.74, 6) is -0.592. The van der Waals surface area contributed by atoms with E-state index in [2.05, 4.69) is 10.2 Å². The number of phenols is 2. The third-order valence-electron chi connectivity index (χ3n) is 5.08. The van der Waals surface area contributed by atoms with Crippen LogP contribution in [0.4, 0.5) is 17.1 Å². The Balaban J connectivity index is 2.11. The van der Waals surface area contributed by atoms with E-state index in [9.17, 15) is 20.3 Å². The Bertz CT molecular complexity index is 1090. The van der Waals surface area contributed by atoms with E-state index < -0.39 is 16.4 Å². The predicted octanol–water partition coefficient (Wildman–Crippen LogP) is 6.26. The molecule has 2 N–H and O–H groups in total. The first kappa shape index (κ1) is 19.3. The van der Waals surface area contributed by atoms with Crippen LogP contribution in [0.15, 0.2) is 58.8 Å². The lowest BCUT2D eigenvalue weighted by atomic mass is 9.82. The van der Waals surface area contributed by atoms with Crippen molar-refractivity contribution in [2.24, 2.45) is 10.2 Å². The molecule has 0 atom stereocenters. The van der Waals surface area contributed by atoms with Crippen LogP contribution in [0.1, 0.15) is 32.8 Å². The normalized spacial score (nSPS) is 12.0. The molecule has 144 valence electrons. The number of fused-ring (bicyclic) bond motifs is 1. The summed E-state index contributed by atoms with van der Waals surface area (Å²) >= 11 is 0. The molecule has 7 heteroatoms. The van der Waals surface area contributed by atoms with Gasteiger partial charge in [-0.25, -0.2) is 0 Å². The predicted molar refractivity (Wildman–Crippen MR) is 108 cm³/mol. The fourth-order valence-corrected chi connectivity index (χ4v) is 2.85. The summed E-state index contributed by atoms with van der Waals surface area (Å²) in [4.78, 5) is 10.7. The van der Waals surface area contributed by atoms with Crippen molar-refractivity contribution < 1.29 is 15.1 Å². The summed E-state index contributed by atoms with van der Waals surface area (Å²) in [6, 6.07) is 13.6. The molecule has 0 aromatic heterocycles. The molecule has 0 aliphatic rings. The average molecular weight is 379 g/mol. The highest BCUT2D eigenvalue weighted by Crippen LogP contribution is 2.43. The highest BCUT2D eigenvalue weighted by atomic mass is 16.6. The van der Waals surface area contributed by atoms with Gasteiger partial charge in [-0.15, -0.1) is 10.2 Å². The number of hydrogen-bond acceptors (Lipinski definition) is 6. The van der Waals surface area contributed by atoms with E-state index in [1.54, 1.807) is 30.3 Å². The Morgan fingerprint density at radius 1 is 1.00 bits per heavy atom. The highest BCUT2D eigenvalue weighted by molar-refractivity contribution is 5.92. The number of benzene rings is 3. The third-order valence-corrected chi connectivity index (χ3v) is 5.08. The van der Waals surface area contributed by atoms with Gasteiger partial charge in [-0.3, -0.25) is 10.1 Å². The number of hydrogen-bond donors (Lipinski definition) is 2. The molecule has 0 radical (unpaired) electrons. The molecule has 0 heterocycles. The van der Waals surface area contributed by atoms with Crippen LogP contribution >= 0.6 is 0 Å². The summed E-state index contributed by atoms with van der Waals surface area (Å²) in [5.41, 5.74) is 0.111. The Morgan fingerprint density at radius 2 is 1.68 bits per heavy atom. The molecule has 3 rings (SSSR count). The largest absolute Gasteiger partial charge is 0.505 e. The minimum absolute atomic E-state index is 0.0155. The minimum atomic E-state index is -0.642. The number of nitrogens with zero attached hydrogens (tertiary/aromatic N) is 3. The van der Waals surface area contributed by atoms with Crippen LogP contribution in [0, 0.1) is 10.1 Å². The fourth-order valence-electron chi connectivity index (χ4n) is 2.85. The van der Waals surface area contributed by atoms with Gasteiger partial charge in [0, 0.05) is 11.5 Å². The molecule has 0 saturated carbocycles. The van der Waals surface area contributed by atoms with Gasteiger partial charge >= 0.3 is 5.69 Å². The summed E-state index contributed by atoms with van der Waals surface area (Å²) in [6.45, 7) is 5.89. The quantitative estimate of drug-likeness (QED) is 0.310. The van der Waals surface area contributed by atoms with Crippen LogP contribution in [0.25, 0.3) is 10.8 Å². The third kappa shape index (κ3) is 3.51. The van der Waals surface area contributed by atoms with Gasteiger partial charge in [0.2, 0.25) is 5.75 Å². The van der Waals surface area contributed by atoms with Crippen molar-refractivity contribution in [1.29, 1.82) is 0 Å². The SMILES string of the molecule is CCC(C)(C)c1cc(N=Nc2ccc3ccccc3c2O)c(O)c([N+](=O)[O-])c1. The molecule has 0 aliphatic heterocycles. The van der Waals surface area contributed by atoms with Gasteiger partial charge in [0.1, 0.15) is 11.4 Å². The van der Waals surface area contributed by atoms with E-state index in [1.165, 1.54) is 6.07 Å². The number of rotatable bonds is 5. The molecule has 7 nitrogen and oxygen atoms in total. The summed E-state index contributed by atoms with van der Waals surface area (Å²) in [7, 11) is 0. The molecule has 28 heavy (non-hydrogen) atoms. The minimum Gasteiger partial charge on any atom is -0.505 e. The van der Waals surface area contributed by atoms with Crippen molar-refractivity contribution in [3.8, 4) is 11.5 Å². The Hall–Kier alpha value is -3.48. The fraction of sp³-hybridized carbons (Fsp3) is 0.238. The molecule has 0 fully saturated rings. The lowest BCUT2D eigenvalue weighted by molar-refractivity contribution is -0.385. The Kier molecular flexibility index (Phi) is 5.00. The first-order valence-corrected chi connectivity index (χ1v) is 8.89. The van der Waals surface area contributed by atoms with Crippen molar-refractivity contribution in [1.82, 2.24) is 0 Å². The number of nitro benzene ring substituents is 1. The molecule has 0 spiro atoms. The maximum absolute atomic E-state index is 11.3. The topological polar surface area (TPSA) is 108 Å². The zero-order chi connectivity index (χ0) is 20.5. The molecule has 0 bridgehead atoms. The van der Waals surface area contributed by atoms with Crippen LogP contribution in [-0.2, 0) is 5.41 Å². The lowest BCUT2D eigenvalue weighted by Crippen LogP contribution is -2.15. The molecule has 0 aliphatic carbocycles. The van der Waals surface area contributed by atoms with Crippen LogP contribution < -0.4 is 0 Å². The van der Waals surface area contributed by atoms with Gasteiger partial charge < -0.3 is 10.2 Å². The van der Waals surface area contributed by atoms with E-state index in [1.807, 2.05) is 32.9 Å². The Morgan fingerprint density at radius 3 is 2.36 bits per heavy atom. The summed E-state index contributed by atoms with van der Waals surface area (Å²) in [6.07, 6.45) is 0.747. The second-order valence-electron chi connectivity index (χ2n) is 7.21. The zero-order valence-electron chi connectivity index (χ0n) is 15.9. The van der Waals surface area contributed by atoms with E-state index in [0.717, 1.165) is 11.8 Å². The highest BCUT2D eigenvalue weighted by Gasteiger charge is 2.26. The molecule has 3 aromatic carbocycles. The van der Waals surface area contributed by atoms with Crippen LogP contribution in [0.5, 0.6) is 11.5 Å². The summed E-state index contributed by atoms with van der Waals surface area (Å²) in [5, 5.41) is 41.6. The second-order valence-corrected chi connectivity index (χ2v) is 7.21. The number of aromatic hydroxyl groups is 2. The van der Waals surface area contributed by atoms with Crippen molar-refractivity contribution in [2.75, 3.05) is 0 Å². The molecule has 3 aromatic rings. The zero-order valence-corrected chi connectivity index (χ0v) is 15.9.